The summed E-state index contributed by atoms with van der Waals surface area (Å²) in [5.41, 5.74) is 1.16. The molecule has 0 radical (unpaired) electrons. The summed E-state index contributed by atoms with van der Waals surface area (Å²) in [7, 11) is 5.32. The molecule has 120 valence electrons. The van der Waals surface area contributed by atoms with E-state index in [4.69, 9.17) is 21.1 Å². The molecule has 1 aliphatic carbocycles. The van der Waals surface area contributed by atoms with Crippen molar-refractivity contribution in [2.24, 2.45) is 0 Å². The number of nitrogens with zero attached hydrogens (tertiary/aromatic N) is 1. The lowest BCUT2D eigenvalue weighted by atomic mass is 9.66. The minimum atomic E-state index is -0.00808. The van der Waals surface area contributed by atoms with Crippen molar-refractivity contribution >= 4 is 17.4 Å². The van der Waals surface area contributed by atoms with Gasteiger partial charge in [-0.2, -0.15) is 0 Å². The predicted octanol–water partition coefficient (Wildman–Crippen LogP) is 3.05. The normalized spacial score (nSPS) is 28.5. The first-order valence-electron chi connectivity index (χ1n) is 7.66. The average Bonchev–Trinajstić information content (AvgIpc) is 2.84. The summed E-state index contributed by atoms with van der Waals surface area (Å²) in [6, 6.07) is 4.28. The molecule has 3 rings (SSSR count). The van der Waals surface area contributed by atoms with Crippen molar-refractivity contribution in [2.75, 3.05) is 27.8 Å². The van der Waals surface area contributed by atoms with Crippen LogP contribution < -0.4 is 9.47 Å². The molecule has 1 saturated carbocycles. The molecule has 5 heteroatoms. The van der Waals surface area contributed by atoms with Crippen LogP contribution >= 0.6 is 11.6 Å². The van der Waals surface area contributed by atoms with Crippen LogP contribution in [0.15, 0.2) is 12.1 Å². The molecule has 2 fully saturated rings. The van der Waals surface area contributed by atoms with E-state index in [1.165, 1.54) is 0 Å². The van der Waals surface area contributed by atoms with Gasteiger partial charge in [0, 0.05) is 24.3 Å². The van der Waals surface area contributed by atoms with Gasteiger partial charge in [0.15, 0.2) is 11.5 Å². The second-order valence-electron chi connectivity index (χ2n) is 6.34. The highest BCUT2D eigenvalue weighted by molar-refractivity contribution is 6.32. The maximum Gasteiger partial charge on any atom is 0.179 e. The number of hydrogen-bond acceptors (Lipinski definition) is 4. The number of halogens is 1. The molecule has 1 saturated heterocycles. The Bertz CT molecular complexity index is 604. The largest absolute Gasteiger partial charge is 0.493 e. The Morgan fingerprint density at radius 2 is 2.05 bits per heavy atom. The van der Waals surface area contributed by atoms with Crippen molar-refractivity contribution in [1.29, 1.82) is 0 Å². The highest BCUT2D eigenvalue weighted by atomic mass is 35.5. The molecule has 0 bridgehead atoms. The lowest BCUT2D eigenvalue weighted by molar-refractivity contribution is -0.122. The Hall–Kier alpha value is -1.26. The highest BCUT2D eigenvalue weighted by Gasteiger charge is 2.50. The molecule has 1 aromatic carbocycles. The zero-order valence-corrected chi connectivity index (χ0v) is 14.1. The van der Waals surface area contributed by atoms with Crippen molar-refractivity contribution in [3.05, 3.63) is 22.7 Å². The minimum Gasteiger partial charge on any atom is -0.493 e. The molecule has 0 unspecified atom stereocenters. The fourth-order valence-corrected chi connectivity index (χ4v) is 4.42. The van der Waals surface area contributed by atoms with Crippen LogP contribution in [-0.2, 0) is 10.2 Å². The van der Waals surface area contributed by atoms with E-state index in [1.54, 1.807) is 14.2 Å². The topological polar surface area (TPSA) is 38.8 Å². The number of likely N-dealkylation sites (N-methyl/N-ethyl adjacent to an activating group) is 1. The molecule has 2 atom stereocenters. The van der Waals surface area contributed by atoms with Gasteiger partial charge in [-0.15, -0.1) is 0 Å². The lowest BCUT2D eigenvalue weighted by Gasteiger charge is -2.41. The van der Waals surface area contributed by atoms with Crippen molar-refractivity contribution in [3.63, 3.8) is 0 Å². The lowest BCUT2D eigenvalue weighted by Crippen LogP contribution is -2.46. The van der Waals surface area contributed by atoms with Crippen LogP contribution in [0.4, 0.5) is 0 Å². The molecular weight excluding hydrogens is 302 g/mol. The van der Waals surface area contributed by atoms with E-state index >= 15 is 0 Å². The van der Waals surface area contributed by atoms with E-state index in [2.05, 4.69) is 11.9 Å². The van der Waals surface area contributed by atoms with Crippen LogP contribution in [0.1, 0.15) is 31.2 Å². The molecule has 1 aliphatic heterocycles. The van der Waals surface area contributed by atoms with E-state index in [0.717, 1.165) is 24.9 Å². The summed E-state index contributed by atoms with van der Waals surface area (Å²) in [4.78, 5) is 14.2. The van der Waals surface area contributed by atoms with Crippen LogP contribution in [-0.4, -0.2) is 44.5 Å². The molecule has 1 aromatic rings. The number of hydrogen-bond donors (Lipinski definition) is 0. The first-order valence-corrected chi connectivity index (χ1v) is 8.03. The Balaban J connectivity index is 2.09. The van der Waals surface area contributed by atoms with Gasteiger partial charge in [-0.25, -0.2) is 0 Å². The number of likely N-dealkylation sites (tertiary alicyclic amines) is 1. The van der Waals surface area contributed by atoms with Gasteiger partial charge in [-0.3, -0.25) is 4.79 Å². The van der Waals surface area contributed by atoms with Crippen molar-refractivity contribution in [3.8, 4) is 11.5 Å². The number of carbonyl (C=O) groups excluding carboxylic acids is 1. The van der Waals surface area contributed by atoms with Gasteiger partial charge < -0.3 is 14.4 Å². The average molecular weight is 324 g/mol. The summed E-state index contributed by atoms with van der Waals surface area (Å²) in [5.74, 6) is 1.59. The van der Waals surface area contributed by atoms with Crippen LogP contribution in [0.5, 0.6) is 11.5 Å². The number of methoxy groups -OCH3 is 2. The van der Waals surface area contributed by atoms with Crippen molar-refractivity contribution in [2.45, 2.75) is 37.1 Å². The molecule has 1 heterocycles. The zero-order chi connectivity index (χ0) is 15.9. The first-order chi connectivity index (χ1) is 10.5. The van der Waals surface area contributed by atoms with Gasteiger partial charge in [-0.05, 0) is 44.1 Å². The van der Waals surface area contributed by atoms with Gasteiger partial charge in [0.25, 0.3) is 0 Å². The van der Waals surface area contributed by atoms with Gasteiger partial charge >= 0.3 is 0 Å². The molecule has 0 spiro atoms. The van der Waals surface area contributed by atoms with Gasteiger partial charge in [0.2, 0.25) is 0 Å². The van der Waals surface area contributed by atoms with Crippen molar-refractivity contribution in [1.82, 2.24) is 4.90 Å². The third kappa shape index (κ3) is 2.29. The third-order valence-electron chi connectivity index (χ3n) is 5.36. The fraction of sp³-hybridized carbons (Fsp3) is 0.588. The van der Waals surface area contributed by atoms with E-state index in [0.29, 0.717) is 35.1 Å². The van der Waals surface area contributed by atoms with Crippen LogP contribution in [0, 0.1) is 0 Å². The SMILES string of the molecule is COc1cc([C@@]23CCC(=O)C[C@@H]2N(C)CC3)cc(Cl)c1OC. The number of rotatable bonds is 3. The Kier molecular flexibility index (Phi) is 4.08. The number of fused-ring (bicyclic) bond motifs is 1. The third-order valence-corrected chi connectivity index (χ3v) is 5.64. The monoisotopic (exact) mass is 323 g/mol. The molecule has 0 aromatic heterocycles. The fourth-order valence-electron chi connectivity index (χ4n) is 4.13. The number of ether oxygens (including phenoxy) is 2. The quantitative estimate of drug-likeness (QED) is 0.857. The Morgan fingerprint density at radius 3 is 2.73 bits per heavy atom. The van der Waals surface area contributed by atoms with Crippen LogP contribution in [0.2, 0.25) is 5.02 Å². The minimum absolute atomic E-state index is 0.00808. The second-order valence-corrected chi connectivity index (χ2v) is 6.75. The number of ketones is 1. The Morgan fingerprint density at radius 1 is 1.27 bits per heavy atom. The zero-order valence-electron chi connectivity index (χ0n) is 13.3. The van der Waals surface area contributed by atoms with E-state index in [9.17, 15) is 4.79 Å². The first kappa shape index (κ1) is 15.6. The number of benzene rings is 1. The van der Waals surface area contributed by atoms with Gasteiger partial charge in [0.05, 0.1) is 19.2 Å². The van der Waals surface area contributed by atoms with Crippen LogP contribution in [0.25, 0.3) is 0 Å². The van der Waals surface area contributed by atoms with E-state index in [1.807, 2.05) is 12.1 Å². The molecule has 2 aliphatic rings. The summed E-state index contributed by atoms with van der Waals surface area (Å²) in [6.45, 7) is 1.00. The van der Waals surface area contributed by atoms with Gasteiger partial charge in [-0.1, -0.05) is 11.6 Å². The summed E-state index contributed by atoms with van der Waals surface area (Å²) < 4.78 is 10.8. The molecular formula is C17H22ClNO3. The number of carbonyl (C=O) groups is 1. The van der Waals surface area contributed by atoms with Gasteiger partial charge in [0.1, 0.15) is 5.78 Å². The molecule has 4 nitrogen and oxygen atoms in total. The van der Waals surface area contributed by atoms with Crippen LogP contribution in [0.3, 0.4) is 0 Å². The molecule has 22 heavy (non-hydrogen) atoms. The molecule has 0 amide bonds. The smallest absolute Gasteiger partial charge is 0.179 e. The maximum absolute atomic E-state index is 11.9. The predicted molar refractivity (Wildman–Crippen MR) is 86.1 cm³/mol. The van der Waals surface area contributed by atoms with E-state index in [-0.39, 0.29) is 11.5 Å². The Labute approximate surface area is 136 Å². The summed E-state index contributed by atoms with van der Waals surface area (Å²) in [6.07, 6.45) is 3.21. The molecule has 0 N–H and O–H groups in total. The number of Topliss-reactive ketones (excluding diaryl/α,β-unsaturated/α-hetero) is 1. The summed E-state index contributed by atoms with van der Waals surface area (Å²) >= 11 is 6.40. The maximum atomic E-state index is 11.9. The highest BCUT2D eigenvalue weighted by Crippen LogP contribution is 2.50. The summed E-state index contributed by atoms with van der Waals surface area (Å²) in [5, 5.41) is 0.566. The standard InChI is InChI=1S/C17H22ClNO3/c1-19-7-6-17(5-4-12(20)10-15(17)19)11-8-13(18)16(22-3)14(9-11)21-2/h8-9,15H,4-7,10H2,1-3H3/t15-,17-/m0/s1. The van der Waals surface area contributed by atoms with E-state index < -0.39 is 0 Å². The second kappa shape index (κ2) is 5.74. The van der Waals surface area contributed by atoms with Crippen molar-refractivity contribution < 1.29 is 14.3 Å².